The highest BCUT2D eigenvalue weighted by molar-refractivity contribution is 5.87. The van der Waals surface area contributed by atoms with Crippen LogP contribution in [0, 0.1) is 0 Å². The average Bonchev–Trinajstić information content (AvgIpc) is 2.82. The monoisotopic (exact) mass is 243 g/mol. The summed E-state index contributed by atoms with van der Waals surface area (Å²) in [5.74, 6) is 1.02. The van der Waals surface area contributed by atoms with Crippen LogP contribution in [0.3, 0.4) is 0 Å². The molecule has 1 atom stereocenters. The summed E-state index contributed by atoms with van der Waals surface area (Å²) in [7, 11) is 0. The molecule has 94 valence electrons. The number of hydrogen-bond acceptors (Lipinski definition) is 3. The Morgan fingerprint density at radius 3 is 3.00 bits per heavy atom. The summed E-state index contributed by atoms with van der Waals surface area (Å²) >= 11 is 0. The van der Waals surface area contributed by atoms with Crippen LogP contribution >= 0.6 is 0 Å². The molecule has 18 heavy (non-hydrogen) atoms. The minimum absolute atomic E-state index is 0.0203. The van der Waals surface area contributed by atoms with Crippen LogP contribution in [0.2, 0.25) is 0 Å². The fourth-order valence-corrected chi connectivity index (χ4v) is 2.55. The van der Waals surface area contributed by atoms with Gasteiger partial charge in [0, 0.05) is 5.39 Å². The van der Waals surface area contributed by atoms with E-state index in [2.05, 4.69) is 5.32 Å². The van der Waals surface area contributed by atoms with Gasteiger partial charge in [-0.15, -0.1) is 0 Å². The van der Waals surface area contributed by atoms with E-state index < -0.39 is 0 Å². The molecular formula is C15H17NO2. The summed E-state index contributed by atoms with van der Waals surface area (Å²) in [5.41, 5.74) is 0.858. The highest BCUT2D eigenvalue weighted by Crippen LogP contribution is 2.20. The Morgan fingerprint density at radius 1 is 1.33 bits per heavy atom. The van der Waals surface area contributed by atoms with Crippen LogP contribution < -0.4 is 5.32 Å². The Labute approximate surface area is 106 Å². The molecule has 2 aromatic rings. The summed E-state index contributed by atoms with van der Waals surface area (Å²) in [4.78, 5) is 12.1. The van der Waals surface area contributed by atoms with Gasteiger partial charge in [0.05, 0.1) is 12.5 Å². The second kappa shape index (κ2) is 4.94. The molecule has 1 aliphatic rings. The first-order valence-electron chi connectivity index (χ1n) is 6.56. The number of ketones is 1. The molecule has 1 saturated heterocycles. The second-order valence-corrected chi connectivity index (χ2v) is 4.90. The van der Waals surface area contributed by atoms with E-state index in [0.29, 0.717) is 6.42 Å². The van der Waals surface area contributed by atoms with Crippen LogP contribution in [0.25, 0.3) is 11.0 Å². The molecular weight excluding hydrogens is 226 g/mol. The number of carbonyl (C=O) groups excluding carboxylic acids is 1. The lowest BCUT2D eigenvalue weighted by molar-refractivity contribution is -0.121. The molecule has 1 aromatic heterocycles. The van der Waals surface area contributed by atoms with Gasteiger partial charge in [-0.05, 0) is 31.5 Å². The molecule has 0 spiro atoms. The number of furan rings is 1. The lowest BCUT2D eigenvalue weighted by Crippen LogP contribution is -2.41. The van der Waals surface area contributed by atoms with Crippen molar-refractivity contribution in [2.45, 2.75) is 31.7 Å². The summed E-state index contributed by atoms with van der Waals surface area (Å²) in [6.07, 6.45) is 3.67. The van der Waals surface area contributed by atoms with E-state index in [1.165, 1.54) is 6.42 Å². The van der Waals surface area contributed by atoms with Crippen molar-refractivity contribution in [3.63, 3.8) is 0 Å². The van der Waals surface area contributed by atoms with Gasteiger partial charge in [0.1, 0.15) is 11.3 Å². The maximum atomic E-state index is 12.1. The molecule has 3 rings (SSSR count). The zero-order chi connectivity index (χ0) is 12.4. The second-order valence-electron chi connectivity index (χ2n) is 4.90. The molecule has 3 heteroatoms. The molecule has 1 fully saturated rings. The largest absolute Gasteiger partial charge is 0.461 e. The Hall–Kier alpha value is -1.61. The summed E-state index contributed by atoms with van der Waals surface area (Å²) < 4.78 is 5.68. The highest BCUT2D eigenvalue weighted by atomic mass is 16.3. The number of nitrogens with one attached hydrogen (secondary N) is 1. The molecule has 1 N–H and O–H groups in total. The van der Waals surface area contributed by atoms with Crippen molar-refractivity contribution in [1.82, 2.24) is 5.32 Å². The molecule has 0 aliphatic carbocycles. The number of para-hydroxylation sites is 1. The third kappa shape index (κ3) is 2.31. The van der Waals surface area contributed by atoms with E-state index in [9.17, 15) is 4.79 Å². The number of benzene rings is 1. The topological polar surface area (TPSA) is 42.2 Å². The van der Waals surface area contributed by atoms with E-state index in [-0.39, 0.29) is 11.8 Å². The first-order valence-corrected chi connectivity index (χ1v) is 6.56. The average molecular weight is 243 g/mol. The van der Waals surface area contributed by atoms with Gasteiger partial charge >= 0.3 is 0 Å². The minimum atomic E-state index is 0.0203. The van der Waals surface area contributed by atoms with Crippen LogP contribution in [0.15, 0.2) is 34.7 Å². The van der Waals surface area contributed by atoms with Gasteiger partial charge in [0.15, 0.2) is 5.78 Å². The molecule has 0 saturated carbocycles. The van der Waals surface area contributed by atoms with Crippen molar-refractivity contribution in [3.05, 3.63) is 36.1 Å². The quantitative estimate of drug-likeness (QED) is 0.901. The van der Waals surface area contributed by atoms with Crippen molar-refractivity contribution in [2.75, 3.05) is 6.54 Å². The number of Topliss-reactive ketones (excluding diaryl/α,β-unsaturated/α-hetero) is 1. The van der Waals surface area contributed by atoms with Crippen LogP contribution in [-0.2, 0) is 11.2 Å². The zero-order valence-electron chi connectivity index (χ0n) is 10.3. The highest BCUT2D eigenvalue weighted by Gasteiger charge is 2.21. The zero-order valence-corrected chi connectivity index (χ0v) is 10.3. The van der Waals surface area contributed by atoms with Crippen molar-refractivity contribution in [1.29, 1.82) is 0 Å². The maximum Gasteiger partial charge on any atom is 0.157 e. The summed E-state index contributed by atoms with van der Waals surface area (Å²) in [6.45, 7) is 0.955. The van der Waals surface area contributed by atoms with E-state index >= 15 is 0 Å². The van der Waals surface area contributed by atoms with E-state index in [4.69, 9.17) is 4.42 Å². The summed E-state index contributed by atoms with van der Waals surface area (Å²) in [6, 6.07) is 9.85. The van der Waals surface area contributed by atoms with Crippen molar-refractivity contribution in [3.8, 4) is 0 Å². The first-order chi connectivity index (χ1) is 8.83. The standard InChI is InChI=1S/C15H17NO2/c17-14(13-6-3-4-8-16-13)10-12-9-11-5-1-2-7-15(11)18-12/h1-2,5,7,9,13,16H,3-4,6,8,10H2/t13-/m1/s1. The number of carbonyl (C=O) groups is 1. The van der Waals surface area contributed by atoms with E-state index in [1.54, 1.807) is 0 Å². The molecule has 1 aliphatic heterocycles. The maximum absolute atomic E-state index is 12.1. The molecule has 3 nitrogen and oxygen atoms in total. The fourth-order valence-electron chi connectivity index (χ4n) is 2.55. The van der Waals surface area contributed by atoms with Crippen LogP contribution in [0.5, 0.6) is 0 Å². The number of rotatable bonds is 3. The molecule has 2 heterocycles. The van der Waals surface area contributed by atoms with E-state index in [1.807, 2.05) is 30.3 Å². The molecule has 0 radical (unpaired) electrons. The van der Waals surface area contributed by atoms with Gasteiger partial charge in [-0.1, -0.05) is 24.6 Å². The Bertz CT molecular complexity index is 519. The SMILES string of the molecule is O=C(Cc1cc2ccccc2o1)[C@H]1CCCCN1. The predicted octanol–water partition coefficient (Wildman–Crippen LogP) is 2.69. The van der Waals surface area contributed by atoms with Gasteiger partial charge in [-0.2, -0.15) is 0 Å². The molecule has 0 bridgehead atoms. The van der Waals surface area contributed by atoms with Crippen LogP contribution in [0.4, 0.5) is 0 Å². The normalized spacial score (nSPS) is 20.1. The molecule has 0 amide bonds. The van der Waals surface area contributed by atoms with E-state index in [0.717, 1.165) is 36.1 Å². The minimum Gasteiger partial charge on any atom is -0.461 e. The Morgan fingerprint density at radius 2 is 2.22 bits per heavy atom. The van der Waals surface area contributed by atoms with Crippen LogP contribution in [0.1, 0.15) is 25.0 Å². The molecule has 0 unspecified atom stereocenters. The Balaban J connectivity index is 1.73. The fraction of sp³-hybridized carbons (Fsp3) is 0.400. The van der Waals surface area contributed by atoms with Crippen LogP contribution in [-0.4, -0.2) is 18.4 Å². The number of piperidine rings is 1. The van der Waals surface area contributed by atoms with Gasteiger partial charge < -0.3 is 9.73 Å². The third-order valence-corrected chi connectivity index (χ3v) is 3.52. The van der Waals surface area contributed by atoms with Gasteiger partial charge in [0.2, 0.25) is 0 Å². The lowest BCUT2D eigenvalue weighted by Gasteiger charge is -2.21. The third-order valence-electron chi connectivity index (χ3n) is 3.52. The summed E-state index contributed by atoms with van der Waals surface area (Å²) in [5, 5.41) is 4.35. The van der Waals surface area contributed by atoms with Crippen molar-refractivity contribution in [2.24, 2.45) is 0 Å². The van der Waals surface area contributed by atoms with Crippen molar-refractivity contribution < 1.29 is 9.21 Å². The number of fused-ring (bicyclic) bond motifs is 1. The smallest absolute Gasteiger partial charge is 0.157 e. The van der Waals surface area contributed by atoms with Gasteiger partial charge in [-0.3, -0.25) is 4.79 Å². The predicted molar refractivity (Wildman–Crippen MR) is 70.6 cm³/mol. The first kappa shape index (κ1) is 11.5. The lowest BCUT2D eigenvalue weighted by atomic mass is 9.99. The van der Waals surface area contributed by atoms with Crippen molar-refractivity contribution >= 4 is 16.8 Å². The molecule has 1 aromatic carbocycles. The Kier molecular flexibility index (Phi) is 3.15. The van der Waals surface area contributed by atoms with Gasteiger partial charge in [0.25, 0.3) is 0 Å². The van der Waals surface area contributed by atoms with Gasteiger partial charge in [-0.25, -0.2) is 0 Å². The number of hydrogen-bond donors (Lipinski definition) is 1.